The monoisotopic (exact) mass is 237 g/mol. The summed E-state index contributed by atoms with van der Waals surface area (Å²) in [6.45, 7) is 5.14. The van der Waals surface area contributed by atoms with Crippen molar-refractivity contribution in [3.63, 3.8) is 0 Å². The average molecular weight is 237 g/mol. The van der Waals surface area contributed by atoms with Gasteiger partial charge in [-0.3, -0.25) is 5.32 Å². The molecule has 0 aliphatic rings. The Kier molecular flexibility index (Phi) is 3.63. The number of nitrogens with zero attached hydrogens (tertiary/aromatic N) is 2. The SMILES string of the molecule is CC(C)(C)OC(=O)Nc1cnc(C#N)c(F)c1. The van der Waals surface area contributed by atoms with Gasteiger partial charge in [-0.2, -0.15) is 5.26 Å². The Morgan fingerprint density at radius 1 is 1.59 bits per heavy atom. The lowest BCUT2D eigenvalue weighted by molar-refractivity contribution is 0.0636. The lowest BCUT2D eigenvalue weighted by atomic mass is 10.2. The molecule has 0 aliphatic carbocycles. The molecule has 0 fully saturated rings. The molecule has 17 heavy (non-hydrogen) atoms. The van der Waals surface area contributed by atoms with Gasteiger partial charge in [0.2, 0.25) is 0 Å². The summed E-state index contributed by atoms with van der Waals surface area (Å²) >= 11 is 0. The maximum Gasteiger partial charge on any atom is 0.412 e. The minimum atomic E-state index is -0.791. The number of carbonyl (C=O) groups excluding carboxylic acids is 1. The quantitative estimate of drug-likeness (QED) is 0.813. The Hall–Kier alpha value is -2.16. The third-order valence-corrected chi connectivity index (χ3v) is 1.59. The number of ether oxygens (including phenoxy) is 1. The van der Waals surface area contributed by atoms with Gasteiger partial charge in [-0.05, 0) is 20.8 Å². The van der Waals surface area contributed by atoms with Gasteiger partial charge >= 0.3 is 6.09 Å². The highest BCUT2D eigenvalue weighted by Crippen LogP contribution is 2.13. The number of carbonyl (C=O) groups is 1. The van der Waals surface area contributed by atoms with E-state index >= 15 is 0 Å². The Balaban J connectivity index is 2.74. The first-order valence-electron chi connectivity index (χ1n) is 4.87. The molecule has 0 unspecified atom stereocenters. The van der Waals surface area contributed by atoms with Gasteiger partial charge in [-0.1, -0.05) is 0 Å². The molecule has 0 saturated carbocycles. The van der Waals surface area contributed by atoms with E-state index in [9.17, 15) is 9.18 Å². The third-order valence-electron chi connectivity index (χ3n) is 1.59. The number of nitrogens with one attached hydrogen (secondary N) is 1. The van der Waals surface area contributed by atoms with E-state index in [1.54, 1.807) is 26.8 Å². The maximum atomic E-state index is 13.2. The van der Waals surface area contributed by atoms with Crippen molar-refractivity contribution in [2.75, 3.05) is 5.32 Å². The fourth-order valence-electron chi connectivity index (χ4n) is 1.01. The van der Waals surface area contributed by atoms with E-state index in [1.165, 1.54) is 6.20 Å². The minimum Gasteiger partial charge on any atom is -0.444 e. The summed E-state index contributed by atoms with van der Waals surface area (Å²) < 4.78 is 18.1. The van der Waals surface area contributed by atoms with Crippen LogP contribution in [0.4, 0.5) is 14.9 Å². The zero-order valence-corrected chi connectivity index (χ0v) is 9.74. The van der Waals surface area contributed by atoms with Crippen LogP contribution in [0.2, 0.25) is 0 Å². The van der Waals surface area contributed by atoms with Crippen molar-refractivity contribution in [1.29, 1.82) is 5.26 Å². The molecule has 90 valence electrons. The van der Waals surface area contributed by atoms with Crippen LogP contribution in [0.15, 0.2) is 12.3 Å². The van der Waals surface area contributed by atoms with Gasteiger partial charge in [-0.25, -0.2) is 14.2 Å². The molecule has 0 bridgehead atoms. The van der Waals surface area contributed by atoms with Crippen LogP contribution in [0.1, 0.15) is 26.5 Å². The number of nitriles is 1. The summed E-state index contributed by atoms with van der Waals surface area (Å²) in [5.41, 5.74) is -0.821. The van der Waals surface area contributed by atoms with Crippen molar-refractivity contribution < 1.29 is 13.9 Å². The van der Waals surface area contributed by atoms with Crippen LogP contribution in [0.3, 0.4) is 0 Å². The number of amides is 1. The molecule has 0 radical (unpaired) electrons. The van der Waals surface area contributed by atoms with Crippen molar-refractivity contribution in [3.8, 4) is 6.07 Å². The number of hydrogen-bond acceptors (Lipinski definition) is 4. The highest BCUT2D eigenvalue weighted by Gasteiger charge is 2.16. The summed E-state index contributed by atoms with van der Waals surface area (Å²) in [4.78, 5) is 14.9. The number of anilines is 1. The normalized spacial score (nSPS) is 10.5. The first kappa shape index (κ1) is 12.9. The molecule has 1 heterocycles. The molecule has 6 heteroatoms. The second kappa shape index (κ2) is 4.78. The van der Waals surface area contributed by atoms with Crippen molar-refractivity contribution in [1.82, 2.24) is 4.98 Å². The fourth-order valence-corrected chi connectivity index (χ4v) is 1.01. The molecule has 1 aromatic rings. The second-order valence-electron chi connectivity index (χ2n) is 4.29. The van der Waals surface area contributed by atoms with Crippen molar-refractivity contribution in [2.24, 2.45) is 0 Å². The van der Waals surface area contributed by atoms with Gasteiger partial charge in [0, 0.05) is 6.07 Å². The van der Waals surface area contributed by atoms with Crippen LogP contribution >= 0.6 is 0 Å². The summed E-state index contributed by atoms with van der Waals surface area (Å²) in [7, 11) is 0. The van der Waals surface area contributed by atoms with E-state index in [2.05, 4.69) is 10.3 Å². The summed E-state index contributed by atoms with van der Waals surface area (Å²) in [5, 5.41) is 10.8. The number of aromatic nitrogens is 1. The number of rotatable bonds is 1. The molecule has 0 aromatic carbocycles. The highest BCUT2D eigenvalue weighted by atomic mass is 19.1. The molecule has 0 saturated heterocycles. The molecular formula is C11H12FN3O2. The summed E-state index contributed by atoms with van der Waals surface area (Å²) in [6.07, 6.45) is 0.481. The van der Waals surface area contributed by atoms with Gasteiger partial charge < -0.3 is 4.74 Å². The molecule has 1 amide bonds. The van der Waals surface area contributed by atoms with Crippen LogP contribution in [0.25, 0.3) is 0 Å². The predicted octanol–water partition coefficient (Wildman–Crippen LogP) is 2.44. The molecule has 0 spiro atoms. The summed E-state index contributed by atoms with van der Waals surface area (Å²) in [6, 6.07) is 2.59. The lowest BCUT2D eigenvalue weighted by Gasteiger charge is -2.19. The van der Waals surface area contributed by atoms with Crippen LogP contribution in [-0.4, -0.2) is 16.7 Å². The van der Waals surface area contributed by atoms with E-state index in [0.717, 1.165) is 6.07 Å². The van der Waals surface area contributed by atoms with E-state index in [1.807, 2.05) is 0 Å². The van der Waals surface area contributed by atoms with Gasteiger partial charge in [0.25, 0.3) is 0 Å². The molecule has 5 nitrogen and oxygen atoms in total. The molecule has 1 rings (SSSR count). The van der Waals surface area contributed by atoms with Gasteiger partial charge in [0.1, 0.15) is 11.7 Å². The Bertz CT molecular complexity index is 475. The smallest absolute Gasteiger partial charge is 0.412 e. The van der Waals surface area contributed by atoms with Gasteiger partial charge in [-0.15, -0.1) is 0 Å². The minimum absolute atomic E-state index is 0.135. The first-order valence-corrected chi connectivity index (χ1v) is 4.87. The zero-order chi connectivity index (χ0) is 13.1. The fraction of sp³-hybridized carbons (Fsp3) is 0.364. The van der Waals surface area contributed by atoms with Crippen LogP contribution < -0.4 is 5.32 Å². The zero-order valence-electron chi connectivity index (χ0n) is 9.74. The highest BCUT2D eigenvalue weighted by molar-refractivity contribution is 5.84. The Morgan fingerprint density at radius 3 is 2.71 bits per heavy atom. The number of halogens is 1. The standard InChI is InChI=1S/C11H12FN3O2/c1-11(2,3)17-10(16)15-7-4-8(12)9(5-13)14-6-7/h4,6H,1-3H3,(H,15,16). The summed E-state index contributed by atoms with van der Waals surface area (Å²) in [5.74, 6) is -0.791. The Labute approximate surface area is 98.2 Å². The number of hydrogen-bond donors (Lipinski definition) is 1. The van der Waals surface area contributed by atoms with E-state index < -0.39 is 17.5 Å². The number of pyridine rings is 1. The van der Waals surface area contributed by atoms with Crippen LogP contribution in [0, 0.1) is 17.1 Å². The largest absolute Gasteiger partial charge is 0.444 e. The molecule has 0 aliphatic heterocycles. The van der Waals surface area contributed by atoms with Crippen molar-refractivity contribution in [3.05, 3.63) is 23.8 Å². The predicted molar refractivity (Wildman–Crippen MR) is 58.8 cm³/mol. The third kappa shape index (κ3) is 4.07. The molecule has 0 atom stereocenters. The van der Waals surface area contributed by atoms with E-state index in [4.69, 9.17) is 10.00 Å². The Morgan fingerprint density at radius 2 is 2.24 bits per heavy atom. The second-order valence-corrected chi connectivity index (χ2v) is 4.29. The lowest BCUT2D eigenvalue weighted by Crippen LogP contribution is -2.27. The van der Waals surface area contributed by atoms with Gasteiger partial charge in [0.15, 0.2) is 11.5 Å². The van der Waals surface area contributed by atoms with Crippen molar-refractivity contribution in [2.45, 2.75) is 26.4 Å². The van der Waals surface area contributed by atoms with Crippen molar-refractivity contribution >= 4 is 11.8 Å². The topological polar surface area (TPSA) is 75.0 Å². The maximum absolute atomic E-state index is 13.2. The molecular weight excluding hydrogens is 225 g/mol. The molecule has 1 N–H and O–H groups in total. The van der Waals surface area contributed by atoms with Crippen LogP contribution in [0.5, 0.6) is 0 Å². The average Bonchev–Trinajstić information content (AvgIpc) is 2.14. The van der Waals surface area contributed by atoms with Crippen LogP contribution in [-0.2, 0) is 4.74 Å². The van der Waals surface area contributed by atoms with Gasteiger partial charge in [0.05, 0.1) is 11.9 Å². The van der Waals surface area contributed by atoms with E-state index in [0.29, 0.717) is 0 Å². The first-order chi connectivity index (χ1) is 7.81. The molecule has 1 aromatic heterocycles. The van der Waals surface area contributed by atoms with E-state index in [-0.39, 0.29) is 11.4 Å².